The van der Waals surface area contributed by atoms with Crippen molar-refractivity contribution >= 4 is 26.0 Å². The van der Waals surface area contributed by atoms with E-state index in [0.717, 1.165) is 12.0 Å². The van der Waals surface area contributed by atoms with Crippen molar-refractivity contribution in [1.29, 1.82) is 0 Å². The molecule has 16 heavy (non-hydrogen) atoms. The Morgan fingerprint density at radius 2 is 2.06 bits per heavy atom. The van der Waals surface area contributed by atoms with Crippen LogP contribution in [0.2, 0.25) is 0 Å². The predicted molar refractivity (Wildman–Crippen MR) is 69.0 cm³/mol. The van der Waals surface area contributed by atoms with Gasteiger partial charge in [0.1, 0.15) is 0 Å². The third-order valence-electron chi connectivity index (χ3n) is 2.35. The number of benzene rings is 1. The molecule has 0 aromatic heterocycles. The fraction of sp³-hybridized carbons (Fsp3) is 0.455. The van der Waals surface area contributed by atoms with Gasteiger partial charge in [0.2, 0.25) is 10.0 Å². The summed E-state index contributed by atoms with van der Waals surface area (Å²) in [7, 11) is -3.42. The van der Waals surface area contributed by atoms with Gasteiger partial charge in [-0.1, -0.05) is 13.0 Å². The highest BCUT2D eigenvalue weighted by Gasteiger charge is 2.19. The molecule has 0 spiro atoms. The number of hydrogen-bond acceptors (Lipinski definition) is 2. The highest BCUT2D eigenvalue weighted by molar-refractivity contribution is 9.10. The monoisotopic (exact) mass is 305 g/mol. The van der Waals surface area contributed by atoms with Gasteiger partial charge in [0.15, 0.2) is 0 Å². The first-order chi connectivity index (χ1) is 7.36. The average Bonchev–Trinajstić information content (AvgIpc) is 2.16. The van der Waals surface area contributed by atoms with E-state index in [2.05, 4.69) is 20.7 Å². The van der Waals surface area contributed by atoms with Gasteiger partial charge in [-0.15, -0.1) is 0 Å². The molecule has 0 radical (unpaired) electrons. The minimum atomic E-state index is -3.42. The lowest BCUT2D eigenvalue weighted by Gasteiger charge is -2.13. The summed E-state index contributed by atoms with van der Waals surface area (Å²) in [6.07, 6.45) is 0.767. The van der Waals surface area contributed by atoms with Crippen molar-refractivity contribution < 1.29 is 8.42 Å². The topological polar surface area (TPSA) is 46.2 Å². The molecule has 0 aliphatic heterocycles. The van der Waals surface area contributed by atoms with Gasteiger partial charge in [-0.3, -0.25) is 0 Å². The maximum absolute atomic E-state index is 12.0. The van der Waals surface area contributed by atoms with Crippen molar-refractivity contribution in [3.63, 3.8) is 0 Å². The van der Waals surface area contributed by atoms with Crippen LogP contribution in [-0.2, 0) is 10.0 Å². The molecule has 1 aromatic rings. The molecule has 0 aliphatic rings. The first-order valence-corrected chi connectivity index (χ1v) is 7.43. The Morgan fingerprint density at radius 3 is 2.56 bits per heavy atom. The second-order valence-corrected chi connectivity index (χ2v) is 6.40. The van der Waals surface area contributed by atoms with Crippen LogP contribution in [0.3, 0.4) is 0 Å². The summed E-state index contributed by atoms with van der Waals surface area (Å²) < 4.78 is 27.2. The van der Waals surface area contributed by atoms with E-state index < -0.39 is 10.0 Å². The molecule has 1 atom stereocenters. The first-order valence-electron chi connectivity index (χ1n) is 5.15. The molecule has 0 bridgehead atoms. The molecule has 0 amide bonds. The van der Waals surface area contributed by atoms with Crippen LogP contribution in [0.1, 0.15) is 25.8 Å². The summed E-state index contributed by atoms with van der Waals surface area (Å²) in [6.45, 7) is 5.71. The zero-order valence-corrected chi connectivity index (χ0v) is 12.0. The summed E-state index contributed by atoms with van der Waals surface area (Å²) in [4.78, 5) is 0.290. The van der Waals surface area contributed by atoms with Crippen molar-refractivity contribution in [2.24, 2.45) is 0 Å². The fourth-order valence-electron chi connectivity index (χ4n) is 1.24. The molecule has 1 rings (SSSR count). The zero-order valence-electron chi connectivity index (χ0n) is 9.62. The number of sulfonamides is 1. The number of hydrogen-bond donors (Lipinski definition) is 1. The summed E-state index contributed by atoms with van der Waals surface area (Å²) in [5.41, 5.74) is 1.02. The van der Waals surface area contributed by atoms with Gasteiger partial charge in [0.25, 0.3) is 0 Å². The van der Waals surface area contributed by atoms with Crippen LogP contribution in [0.4, 0.5) is 0 Å². The minimum Gasteiger partial charge on any atom is -0.208 e. The Labute approximate surface area is 105 Å². The maximum Gasteiger partial charge on any atom is 0.241 e. The van der Waals surface area contributed by atoms with Crippen molar-refractivity contribution in [2.75, 3.05) is 0 Å². The summed E-state index contributed by atoms with van der Waals surface area (Å²) in [5.74, 6) is 0. The molecule has 1 aromatic carbocycles. The minimum absolute atomic E-state index is 0.0572. The summed E-state index contributed by atoms with van der Waals surface area (Å²) in [5, 5.41) is 0. The highest BCUT2D eigenvalue weighted by atomic mass is 79.9. The predicted octanol–water partition coefficient (Wildman–Crippen LogP) is 2.83. The Morgan fingerprint density at radius 1 is 1.44 bits per heavy atom. The Balaban J connectivity index is 3.08. The lowest BCUT2D eigenvalue weighted by atomic mass is 10.2. The van der Waals surface area contributed by atoms with Crippen LogP contribution in [0.15, 0.2) is 27.6 Å². The van der Waals surface area contributed by atoms with Crippen molar-refractivity contribution in [3.05, 3.63) is 28.2 Å². The molecule has 0 fully saturated rings. The van der Waals surface area contributed by atoms with Crippen LogP contribution in [-0.4, -0.2) is 14.5 Å². The molecule has 5 heteroatoms. The molecular weight excluding hydrogens is 290 g/mol. The van der Waals surface area contributed by atoms with Gasteiger partial charge in [0.05, 0.1) is 4.90 Å². The van der Waals surface area contributed by atoms with E-state index in [9.17, 15) is 8.42 Å². The Bertz CT molecular complexity index is 471. The van der Waals surface area contributed by atoms with Crippen molar-refractivity contribution in [3.8, 4) is 0 Å². The molecule has 0 saturated carbocycles. The van der Waals surface area contributed by atoms with Gasteiger partial charge in [-0.25, -0.2) is 13.1 Å². The second kappa shape index (κ2) is 5.29. The Hall–Kier alpha value is -0.390. The molecule has 90 valence electrons. The lowest BCUT2D eigenvalue weighted by Crippen LogP contribution is -2.32. The molecule has 3 nitrogen and oxygen atoms in total. The van der Waals surface area contributed by atoms with Gasteiger partial charge in [-0.2, -0.15) is 0 Å². The van der Waals surface area contributed by atoms with Gasteiger partial charge < -0.3 is 0 Å². The SMILES string of the molecule is CCC(C)NS(=O)(=O)c1ccc(C)cc1Br. The van der Waals surface area contributed by atoms with Crippen molar-refractivity contribution in [2.45, 2.75) is 38.1 Å². The smallest absolute Gasteiger partial charge is 0.208 e. The second-order valence-electron chi connectivity index (χ2n) is 3.86. The molecular formula is C11H16BrNO2S. The van der Waals surface area contributed by atoms with Crippen LogP contribution >= 0.6 is 15.9 Å². The van der Waals surface area contributed by atoms with Crippen LogP contribution in [0, 0.1) is 6.92 Å². The lowest BCUT2D eigenvalue weighted by molar-refractivity contribution is 0.555. The molecule has 0 heterocycles. The largest absolute Gasteiger partial charge is 0.241 e. The fourth-order valence-corrected chi connectivity index (χ4v) is 3.75. The van der Waals surface area contributed by atoms with E-state index in [0.29, 0.717) is 9.37 Å². The maximum atomic E-state index is 12.0. The van der Waals surface area contributed by atoms with Crippen LogP contribution in [0.5, 0.6) is 0 Å². The summed E-state index contributed by atoms with van der Waals surface area (Å²) >= 11 is 3.28. The number of aryl methyl sites for hydroxylation is 1. The van der Waals surface area contributed by atoms with E-state index >= 15 is 0 Å². The van der Waals surface area contributed by atoms with Gasteiger partial charge in [0, 0.05) is 10.5 Å². The normalized spacial score (nSPS) is 13.8. The van der Waals surface area contributed by atoms with Gasteiger partial charge >= 0.3 is 0 Å². The average molecular weight is 306 g/mol. The third-order valence-corrected chi connectivity index (χ3v) is 4.91. The molecule has 0 aliphatic carbocycles. The number of rotatable bonds is 4. The van der Waals surface area contributed by atoms with Crippen LogP contribution < -0.4 is 4.72 Å². The number of nitrogens with one attached hydrogen (secondary N) is 1. The molecule has 0 saturated heterocycles. The standard InChI is InChI=1S/C11H16BrNO2S/c1-4-9(3)13-16(14,15)11-6-5-8(2)7-10(11)12/h5-7,9,13H,4H2,1-3H3. The molecule has 1 unspecified atom stereocenters. The number of halogens is 1. The zero-order chi connectivity index (χ0) is 12.3. The quantitative estimate of drug-likeness (QED) is 0.930. The first kappa shape index (κ1) is 13.7. The molecule has 1 N–H and O–H groups in total. The van der Waals surface area contributed by atoms with E-state index in [4.69, 9.17) is 0 Å². The van der Waals surface area contributed by atoms with E-state index in [1.54, 1.807) is 18.2 Å². The van der Waals surface area contributed by atoms with Crippen molar-refractivity contribution in [1.82, 2.24) is 4.72 Å². The third kappa shape index (κ3) is 3.30. The van der Waals surface area contributed by atoms with E-state index in [1.165, 1.54) is 0 Å². The van der Waals surface area contributed by atoms with Gasteiger partial charge in [-0.05, 0) is 53.9 Å². The Kier molecular flexibility index (Phi) is 4.52. The summed E-state index contributed by atoms with van der Waals surface area (Å²) in [6, 6.07) is 5.14. The highest BCUT2D eigenvalue weighted by Crippen LogP contribution is 2.23. The van der Waals surface area contributed by atoms with E-state index in [1.807, 2.05) is 20.8 Å². The van der Waals surface area contributed by atoms with Crippen LogP contribution in [0.25, 0.3) is 0 Å². The van der Waals surface area contributed by atoms with E-state index in [-0.39, 0.29) is 6.04 Å².